The zero-order valence-corrected chi connectivity index (χ0v) is 6.80. The van der Waals surface area contributed by atoms with Crippen LogP contribution in [0.1, 0.15) is 18.1 Å². The number of rotatable bonds is 2. The van der Waals surface area contributed by atoms with E-state index in [4.69, 9.17) is 6.42 Å². The molecular formula is C10H8F2O. The highest BCUT2D eigenvalue weighted by Gasteiger charge is 2.08. The van der Waals surface area contributed by atoms with Gasteiger partial charge < -0.3 is 5.11 Å². The van der Waals surface area contributed by atoms with Crippen molar-refractivity contribution in [3.05, 3.63) is 35.4 Å². The predicted octanol–water partition coefficient (Wildman–Crippen LogP) is 2.02. The fourth-order valence-corrected chi connectivity index (χ4v) is 0.997. The van der Waals surface area contributed by atoms with Gasteiger partial charge in [0.1, 0.15) is 11.6 Å². The zero-order chi connectivity index (χ0) is 9.84. The van der Waals surface area contributed by atoms with Gasteiger partial charge in [0.2, 0.25) is 0 Å². The summed E-state index contributed by atoms with van der Waals surface area (Å²) >= 11 is 0. The lowest BCUT2D eigenvalue weighted by molar-refractivity contribution is 0.183. The quantitative estimate of drug-likeness (QED) is 0.694. The van der Waals surface area contributed by atoms with Gasteiger partial charge in [-0.05, 0) is 17.7 Å². The number of terminal acetylenes is 1. The third-order valence-electron chi connectivity index (χ3n) is 1.58. The molecule has 0 radical (unpaired) electrons. The van der Waals surface area contributed by atoms with Crippen LogP contribution in [-0.2, 0) is 0 Å². The Labute approximate surface area is 75.0 Å². The lowest BCUT2D eigenvalue weighted by Gasteiger charge is -2.07. The van der Waals surface area contributed by atoms with Crippen LogP contribution in [0.5, 0.6) is 0 Å². The maximum atomic E-state index is 12.6. The van der Waals surface area contributed by atoms with Crippen LogP contribution in [0.3, 0.4) is 0 Å². The Morgan fingerprint density at radius 2 is 1.85 bits per heavy atom. The molecule has 0 bridgehead atoms. The topological polar surface area (TPSA) is 20.2 Å². The highest BCUT2D eigenvalue weighted by Crippen LogP contribution is 2.18. The first-order valence-corrected chi connectivity index (χ1v) is 3.71. The van der Waals surface area contributed by atoms with Crippen molar-refractivity contribution in [2.45, 2.75) is 12.5 Å². The molecule has 0 aromatic heterocycles. The van der Waals surface area contributed by atoms with Gasteiger partial charge in [-0.1, -0.05) is 0 Å². The second kappa shape index (κ2) is 4.01. The first-order chi connectivity index (χ1) is 6.13. The lowest BCUT2D eigenvalue weighted by atomic mass is 10.1. The second-order valence-electron chi connectivity index (χ2n) is 2.63. The number of benzene rings is 1. The molecule has 0 aliphatic heterocycles. The summed E-state index contributed by atoms with van der Waals surface area (Å²) in [6.07, 6.45) is 3.99. The Morgan fingerprint density at radius 3 is 2.31 bits per heavy atom. The molecule has 0 aliphatic rings. The Hall–Kier alpha value is -1.40. The molecule has 0 spiro atoms. The van der Waals surface area contributed by atoms with Gasteiger partial charge in [0.25, 0.3) is 0 Å². The van der Waals surface area contributed by atoms with Crippen LogP contribution < -0.4 is 0 Å². The van der Waals surface area contributed by atoms with Crippen molar-refractivity contribution in [3.63, 3.8) is 0 Å². The van der Waals surface area contributed by atoms with E-state index in [2.05, 4.69) is 5.92 Å². The Bertz CT molecular complexity index is 321. The van der Waals surface area contributed by atoms with E-state index in [0.29, 0.717) is 0 Å². The van der Waals surface area contributed by atoms with E-state index in [9.17, 15) is 13.9 Å². The smallest absolute Gasteiger partial charge is 0.126 e. The van der Waals surface area contributed by atoms with Crippen molar-refractivity contribution >= 4 is 0 Å². The van der Waals surface area contributed by atoms with Crippen molar-refractivity contribution in [2.24, 2.45) is 0 Å². The average molecular weight is 182 g/mol. The summed E-state index contributed by atoms with van der Waals surface area (Å²) < 4.78 is 25.3. The van der Waals surface area contributed by atoms with Gasteiger partial charge in [-0.15, -0.1) is 12.3 Å². The molecule has 68 valence electrons. The zero-order valence-electron chi connectivity index (χ0n) is 6.80. The SMILES string of the molecule is C#CCC(O)c1cc(F)cc(F)c1. The van der Waals surface area contributed by atoms with Gasteiger partial charge in [-0.3, -0.25) is 0 Å². The molecule has 1 aromatic carbocycles. The number of aliphatic hydroxyl groups is 1. The van der Waals surface area contributed by atoms with Crippen LogP contribution in [0.2, 0.25) is 0 Å². The van der Waals surface area contributed by atoms with Crippen LogP contribution >= 0.6 is 0 Å². The van der Waals surface area contributed by atoms with E-state index >= 15 is 0 Å². The van der Waals surface area contributed by atoms with Crippen LogP contribution in [-0.4, -0.2) is 5.11 Å². The van der Waals surface area contributed by atoms with Gasteiger partial charge in [-0.25, -0.2) is 8.78 Å². The predicted molar refractivity (Wildman–Crippen MR) is 44.8 cm³/mol. The Kier molecular flexibility index (Phi) is 2.99. The summed E-state index contributed by atoms with van der Waals surface area (Å²) in [5.74, 6) is 0.777. The Balaban J connectivity index is 2.95. The van der Waals surface area contributed by atoms with Crippen LogP contribution in [0, 0.1) is 24.0 Å². The third kappa shape index (κ3) is 2.53. The Morgan fingerprint density at radius 1 is 1.31 bits per heavy atom. The molecule has 0 saturated heterocycles. The summed E-state index contributed by atoms with van der Waals surface area (Å²) in [7, 11) is 0. The van der Waals surface area contributed by atoms with Crippen LogP contribution in [0.15, 0.2) is 18.2 Å². The minimum Gasteiger partial charge on any atom is -0.387 e. The van der Waals surface area contributed by atoms with E-state index in [-0.39, 0.29) is 12.0 Å². The number of aliphatic hydroxyl groups excluding tert-OH is 1. The molecule has 1 unspecified atom stereocenters. The lowest BCUT2D eigenvalue weighted by Crippen LogP contribution is -1.97. The summed E-state index contributed by atoms with van der Waals surface area (Å²) in [4.78, 5) is 0. The molecule has 0 aliphatic carbocycles. The molecule has 1 rings (SSSR count). The second-order valence-corrected chi connectivity index (χ2v) is 2.63. The van der Waals surface area contributed by atoms with Crippen molar-refractivity contribution in [1.29, 1.82) is 0 Å². The minimum absolute atomic E-state index is 0.0445. The van der Waals surface area contributed by atoms with Gasteiger partial charge in [0, 0.05) is 12.5 Å². The molecule has 0 fully saturated rings. The normalized spacial score (nSPS) is 12.2. The maximum Gasteiger partial charge on any atom is 0.126 e. The van der Waals surface area contributed by atoms with Crippen molar-refractivity contribution in [3.8, 4) is 12.3 Å². The largest absolute Gasteiger partial charge is 0.387 e. The minimum atomic E-state index is -1.00. The van der Waals surface area contributed by atoms with Gasteiger partial charge >= 0.3 is 0 Å². The maximum absolute atomic E-state index is 12.6. The monoisotopic (exact) mass is 182 g/mol. The first kappa shape index (κ1) is 9.69. The fraction of sp³-hybridized carbons (Fsp3) is 0.200. The van der Waals surface area contributed by atoms with E-state index < -0.39 is 17.7 Å². The highest BCUT2D eigenvalue weighted by atomic mass is 19.1. The van der Waals surface area contributed by atoms with Crippen molar-refractivity contribution < 1.29 is 13.9 Å². The summed E-state index contributed by atoms with van der Waals surface area (Å²) in [5, 5.41) is 9.29. The van der Waals surface area contributed by atoms with E-state index in [1.165, 1.54) is 0 Å². The molecule has 0 heterocycles. The molecule has 0 amide bonds. The molecule has 0 saturated carbocycles. The summed E-state index contributed by atoms with van der Waals surface area (Å²) in [6, 6.07) is 2.86. The number of hydrogen-bond donors (Lipinski definition) is 1. The molecule has 1 atom stereocenters. The molecule has 1 aromatic rings. The van der Waals surface area contributed by atoms with Crippen LogP contribution in [0.4, 0.5) is 8.78 Å². The molecule has 3 heteroatoms. The van der Waals surface area contributed by atoms with Crippen molar-refractivity contribution in [1.82, 2.24) is 0 Å². The van der Waals surface area contributed by atoms with Gasteiger partial charge in [-0.2, -0.15) is 0 Å². The van der Waals surface area contributed by atoms with Crippen molar-refractivity contribution in [2.75, 3.05) is 0 Å². The van der Waals surface area contributed by atoms with Crippen LogP contribution in [0.25, 0.3) is 0 Å². The molecule has 13 heavy (non-hydrogen) atoms. The highest BCUT2D eigenvalue weighted by molar-refractivity contribution is 5.21. The standard InChI is InChI=1S/C10H8F2O/c1-2-3-10(13)7-4-8(11)6-9(12)5-7/h1,4-6,10,13H,3H2. The summed E-state index contributed by atoms with van der Waals surface area (Å²) in [6.45, 7) is 0. The van der Waals surface area contributed by atoms with Gasteiger partial charge in [0.05, 0.1) is 6.10 Å². The number of hydrogen-bond acceptors (Lipinski definition) is 1. The fourth-order valence-electron chi connectivity index (χ4n) is 0.997. The van der Waals surface area contributed by atoms with E-state index in [0.717, 1.165) is 18.2 Å². The molecule has 1 N–H and O–H groups in total. The average Bonchev–Trinajstić information content (AvgIpc) is 2.03. The first-order valence-electron chi connectivity index (χ1n) is 3.71. The third-order valence-corrected chi connectivity index (χ3v) is 1.58. The van der Waals surface area contributed by atoms with E-state index in [1.54, 1.807) is 0 Å². The van der Waals surface area contributed by atoms with E-state index in [1.807, 2.05) is 0 Å². The van der Waals surface area contributed by atoms with Gasteiger partial charge in [0.15, 0.2) is 0 Å². The molecular weight excluding hydrogens is 174 g/mol. The molecule has 1 nitrogen and oxygen atoms in total. The summed E-state index contributed by atoms with van der Waals surface area (Å²) in [5.41, 5.74) is 0.162. The number of halogens is 2.